The lowest BCUT2D eigenvalue weighted by Gasteiger charge is -2.16. The molecule has 0 radical (unpaired) electrons. The van der Waals surface area contributed by atoms with Crippen LogP contribution >= 0.6 is 11.6 Å². The molecule has 0 aromatic carbocycles. The maximum Gasteiger partial charge on any atom is 0.420 e. The molecule has 1 atom stereocenters. The first-order chi connectivity index (χ1) is 7.38. The van der Waals surface area contributed by atoms with Crippen molar-refractivity contribution in [1.29, 1.82) is 0 Å². The third kappa shape index (κ3) is 2.87. The van der Waals surface area contributed by atoms with E-state index in [4.69, 9.17) is 21.4 Å². The van der Waals surface area contributed by atoms with Gasteiger partial charge in [-0.3, -0.25) is 4.68 Å². The fraction of sp³-hybridized carbons (Fsp3) is 0.625. The van der Waals surface area contributed by atoms with Gasteiger partial charge < -0.3 is 9.84 Å². The van der Waals surface area contributed by atoms with Crippen LogP contribution in [-0.4, -0.2) is 34.8 Å². The summed E-state index contributed by atoms with van der Waals surface area (Å²) in [7, 11) is 1.41. The Hall–Kier alpha value is -0.790. The minimum absolute atomic E-state index is 0.0890. The summed E-state index contributed by atoms with van der Waals surface area (Å²) in [6.07, 6.45) is -6.35. The van der Waals surface area contributed by atoms with E-state index in [-0.39, 0.29) is 18.2 Å². The number of hydrogen-bond acceptors (Lipinski definition) is 3. The normalized spacial score (nSPS) is 14.1. The Bertz CT molecular complexity index is 354. The summed E-state index contributed by atoms with van der Waals surface area (Å²) in [6.45, 7) is 0.265. The highest BCUT2D eigenvalue weighted by Crippen LogP contribution is 2.35. The van der Waals surface area contributed by atoms with Crippen LogP contribution in [0.15, 0.2) is 6.20 Å². The molecule has 0 saturated carbocycles. The van der Waals surface area contributed by atoms with Gasteiger partial charge in [-0.1, -0.05) is 11.6 Å². The lowest BCUT2D eigenvalue weighted by atomic mass is 10.2. The van der Waals surface area contributed by atoms with E-state index in [1.807, 2.05) is 0 Å². The first kappa shape index (κ1) is 13.3. The Morgan fingerprint density at radius 3 is 2.75 bits per heavy atom. The van der Waals surface area contributed by atoms with Crippen LogP contribution in [0.25, 0.3) is 0 Å². The van der Waals surface area contributed by atoms with Crippen molar-refractivity contribution in [2.75, 3.05) is 13.7 Å². The van der Waals surface area contributed by atoms with Gasteiger partial charge in [0.15, 0.2) is 6.10 Å². The van der Waals surface area contributed by atoms with Gasteiger partial charge in [0.2, 0.25) is 0 Å². The van der Waals surface area contributed by atoms with Crippen LogP contribution in [0.5, 0.6) is 0 Å². The minimum Gasteiger partial charge on any atom is -0.383 e. The molecule has 92 valence electrons. The number of aromatic nitrogens is 2. The number of methoxy groups -OCH3 is 1. The van der Waals surface area contributed by atoms with Crippen molar-refractivity contribution in [3.63, 3.8) is 0 Å². The van der Waals surface area contributed by atoms with Gasteiger partial charge in [0.25, 0.3) is 0 Å². The van der Waals surface area contributed by atoms with E-state index >= 15 is 0 Å². The summed E-state index contributed by atoms with van der Waals surface area (Å²) in [5.41, 5.74) is -0.466. The molecule has 0 aliphatic heterocycles. The second kappa shape index (κ2) is 5.03. The highest BCUT2D eigenvalue weighted by molar-refractivity contribution is 6.31. The number of alkyl halides is 3. The molecule has 1 N–H and O–H groups in total. The average molecular weight is 259 g/mol. The second-order valence-corrected chi connectivity index (χ2v) is 3.45. The van der Waals surface area contributed by atoms with Crippen molar-refractivity contribution in [2.24, 2.45) is 0 Å². The third-order valence-electron chi connectivity index (χ3n) is 1.91. The van der Waals surface area contributed by atoms with Crippen molar-refractivity contribution >= 4 is 11.6 Å². The molecule has 0 fully saturated rings. The fourth-order valence-corrected chi connectivity index (χ4v) is 1.40. The van der Waals surface area contributed by atoms with E-state index in [0.29, 0.717) is 0 Å². The Labute approximate surface area is 94.6 Å². The highest BCUT2D eigenvalue weighted by Gasteiger charge is 2.42. The summed E-state index contributed by atoms with van der Waals surface area (Å²) >= 11 is 5.54. The van der Waals surface area contributed by atoms with Crippen LogP contribution in [0.1, 0.15) is 11.8 Å². The van der Waals surface area contributed by atoms with E-state index < -0.39 is 18.0 Å². The Morgan fingerprint density at radius 1 is 1.62 bits per heavy atom. The topological polar surface area (TPSA) is 47.3 Å². The number of rotatable bonds is 4. The molecule has 1 heterocycles. The van der Waals surface area contributed by atoms with Crippen LogP contribution in [0.4, 0.5) is 13.2 Å². The SMILES string of the molecule is COCCn1ncc(Cl)c1C(O)C(F)(F)F. The van der Waals surface area contributed by atoms with E-state index in [2.05, 4.69) is 5.10 Å². The molecule has 1 rings (SSSR count). The molecular weight excluding hydrogens is 249 g/mol. The van der Waals surface area contributed by atoms with Crippen LogP contribution in [-0.2, 0) is 11.3 Å². The van der Waals surface area contributed by atoms with Gasteiger partial charge >= 0.3 is 6.18 Å². The van der Waals surface area contributed by atoms with Gasteiger partial charge in [-0.2, -0.15) is 18.3 Å². The van der Waals surface area contributed by atoms with Crippen LogP contribution in [0, 0.1) is 0 Å². The summed E-state index contributed by atoms with van der Waals surface area (Å²) in [5.74, 6) is 0. The quantitative estimate of drug-likeness (QED) is 0.896. The molecule has 0 amide bonds. The second-order valence-electron chi connectivity index (χ2n) is 3.04. The van der Waals surface area contributed by atoms with Gasteiger partial charge in [-0.15, -0.1) is 0 Å². The van der Waals surface area contributed by atoms with Gasteiger partial charge in [0.05, 0.1) is 30.1 Å². The monoisotopic (exact) mass is 258 g/mol. The van der Waals surface area contributed by atoms with Crippen molar-refractivity contribution in [3.05, 3.63) is 16.9 Å². The lowest BCUT2D eigenvalue weighted by molar-refractivity contribution is -0.208. The standard InChI is InChI=1S/C8H10ClF3N2O2/c1-16-3-2-14-6(5(9)4-13-14)7(15)8(10,11)12/h4,7,15H,2-3H2,1H3. The van der Waals surface area contributed by atoms with Crippen LogP contribution in [0.3, 0.4) is 0 Å². The Kier molecular flexibility index (Phi) is 4.17. The minimum atomic E-state index is -4.77. The van der Waals surface area contributed by atoms with Crippen molar-refractivity contribution in [2.45, 2.75) is 18.8 Å². The largest absolute Gasteiger partial charge is 0.420 e. The smallest absolute Gasteiger partial charge is 0.383 e. The fourth-order valence-electron chi connectivity index (χ4n) is 1.15. The zero-order chi connectivity index (χ0) is 12.3. The summed E-state index contributed by atoms with van der Waals surface area (Å²) in [5, 5.41) is 12.5. The maximum atomic E-state index is 12.3. The molecule has 1 aromatic rings. The Morgan fingerprint density at radius 2 is 2.25 bits per heavy atom. The summed E-state index contributed by atoms with van der Waals surface area (Å²) in [4.78, 5) is 0. The summed E-state index contributed by atoms with van der Waals surface area (Å²) in [6, 6.07) is 0. The first-order valence-electron chi connectivity index (χ1n) is 4.33. The molecule has 16 heavy (non-hydrogen) atoms. The molecule has 0 aliphatic carbocycles. The average Bonchev–Trinajstić information content (AvgIpc) is 2.54. The number of hydrogen-bond donors (Lipinski definition) is 1. The van der Waals surface area contributed by atoms with Crippen molar-refractivity contribution < 1.29 is 23.0 Å². The zero-order valence-corrected chi connectivity index (χ0v) is 9.09. The predicted molar refractivity (Wildman–Crippen MR) is 50.1 cm³/mol. The predicted octanol–water partition coefficient (Wildman–Crippen LogP) is 1.78. The van der Waals surface area contributed by atoms with E-state index in [9.17, 15) is 13.2 Å². The first-order valence-corrected chi connectivity index (χ1v) is 4.70. The lowest BCUT2D eigenvalue weighted by Crippen LogP contribution is -2.24. The Balaban J connectivity index is 2.97. The molecule has 4 nitrogen and oxygen atoms in total. The van der Waals surface area contributed by atoms with Gasteiger partial charge in [0.1, 0.15) is 0 Å². The van der Waals surface area contributed by atoms with E-state index in [1.165, 1.54) is 7.11 Å². The third-order valence-corrected chi connectivity index (χ3v) is 2.20. The molecule has 0 aliphatic rings. The van der Waals surface area contributed by atoms with Crippen LogP contribution in [0.2, 0.25) is 5.02 Å². The number of ether oxygens (including phenoxy) is 1. The zero-order valence-electron chi connectivity index (χ0n) is 8.33. The van der Waals surface area contributed by atoms with Crippen LogP contribution < -0.4 is 0 Å². The molecular formula is C8H10ClF3N2O2. The van der Waals surface area contributed by atoms with Gasteiger partial charge in [-0.25, -0.2) is 0 Å². The molecule has 0 spiro atoms. The molecule has 1 unspecified atom stereocenters. The number of aliphatic hydroxyl groups is 1. The molecule has 0 bridgehead atoms. The molecule has 0 saturated heterocycles. The maximum absolute atomic E-state index is 12.3. The van der Waals surface area contributed by atoms with E-state index in [0.717, 1.165) is 10.9 Å². The number of halogens is 4. The van der Waals surface area contributed by atoms with Crippen molar-refractivity contribution in [1.82, 2.24) is 9.78 Å². The molecule has 1 aromatic heterocycles. The number of aliphatic hydroxyl groups excluding tert-OH is 1. The van der Waals surface area contributed by atoms with Crippen molar-refractivity contribution in [3.8, 4) is 0 Å². The van der Waals surface area contributed by atoms with Gasteiger partial charge in [0, 0.05) is 7.11 Å². The number of nitrogens with zero attached hydrogens (tertiary/aromatic N) is 2. The molecule has 8 heteroatoms. The summed E-state index contributed by atoms with van der Waals surface area (Å²) < 4.78 is 42.6. The van der Waals surface area contributed by atoms with Gasteiger partial charge in [-0.05, 0) is 0 Å². The highest BCUT2D eigenvalue weighted by atomic mass is 35.5. The van der Waals surface area contributed by atoms with E-state index in [1.54, 1.807) is 0 Å².